The minimum absolute atomic E-state index is 0.577. The van der Waals surface area contributed by atoms with Crippen molar-refractivity contribution in [1.82, 2.24) is 0 Å². The van der Waals surface area contributed by atoms with Gasteiger partial charge in [0.25, 0.3) is 0 Å². The van der Waals surface area contributed by atoms with Crippen LogP contribution >= 0.6 is 0 Å². The third kappa shape index (κ3) is 5.31. The molecule has 0 saturated carbocycles. The number of allylic oxidation sites excluding steroid dienone is 1. The van der Waals surface area contributed by atoms with Gasteiger partial charge in [-0.2, -0.15) is 48.3 Å². The minimum Gasteiger partial charge on any atom is -0.447 e. The van der Waals surface area contributed by atoms with Crippen LogP contribution in [0.3, 0.4) is 0 Å². The average Bonchev–Trinajstić information content (AvgIpc) is 2.60. The number of alkyl halides is 9. The van der Waals surface area contributed by atoms with E-state index in [2.05, 4.69) is 9.47 Å². The molecule has 176 valence electrons. The third-order valence-corrected chi connectivity index (χ3v) is 3.26. The number of hydrogen-bond donors (Lipinski definition) is 1. The van der Waals surface area contributed by atoms with E-state index in [0.29, 0.717) is 6.07 Å². The summed E-state index contributed by atoms with van der Waals surface area (Å²) in [6, 6.07) is 0.520. The molecular weight excluding hydrogens is 463 g/mol. The molecular formula is C16H12F11NO3. The smallest absolute Gasteiger partial charge is 0.447 e. The van der Waals surface area contributed by atoms with Crippen LogP contribution in [0.2, 0.25) is 0 Å². The number of anilines is 1. The third-order valence-electron chi connectivity index (χ3n) is 3.26. The summed E-state index contributed by atoms with van der Waals surface area (Å²) in [4.78, 5) is 11.5. The molecule has 0 bridgehead atoms. The van der Waals surface area contributed by atoms with Crippen molar-refractivity contribution in [3.8, 4) is 5.75 Å². The zero-order valence-electron chi connectivity index (χ0n) is 15.3. The van der Waals surface area contributed by atoms with Crippen molar-refractivity contribution in [3.63, 3.8) is 0 Å². The molecule has 0 aliphatic carbocycles. The maximum absolute atomic E-state index is 13.7. The molecule has 0 aliphatic heterocycles. The maximum Gasteiger partial charge on any atom is 0.460 e. The Hall–Kier alpha value is -2.74. The summed E-state index contributed by atoms with van der Waals surface area (Å²) in [5, 5.41) is 1.90. The largest absolute Gasteiger partial charge is 0.460 e. The predicted molar refractivity (Wildman–Crippen MR) is 82.4 cm³/mol. The van der Waals surface area contributed by atoms with Gasteiger partial charge >= 0.3 is 36.1 Å². The fraction of sp³-hybridized carbons (Fsp3) is 0.438. The second-order valence-corrected chi connectivity index (χ2v) is 5.99. The monoisotopic (exact) mass is 475 g/mol. The predicted octanol–water partition coefficient (Wildman–Crippen LogP) is 6.60. The highest BCUT2D eigenvalue weighted by Gasteiger charge is 2.83. The lowest BCUT2D eigenvalue weighted by Crippen LogP contribution is -2.61. The standard InChI is InChI=1S/C16H12F11NO3/c1-7(2)30-12(29)28-8-5-3-4-6-9(8)31-11(18)10(17)13(19,20)14(21,22)15(23,24)16(25,26)27/h3-7H,1-2H3,(H,28,29). The Labute approximate surface area is 166 Å². The number of rotatable bonds is 7. The molecule has 0 heterocycles. The molecule has 0 atom stereocenters. The van der Waals surface area contributed by atoms with Crippen LogP contribution < -0.4 is 10.1 Å². The van der Waals surface area contributed by atoms with Crippen LogP contribution in [0.1, 0.15) is 13.8 Å². The Balaban J connectivity index is 3.29. The van der Waals surface area contributed by atoms with Gasteiger partial charge in [-0.25, -0.2) is 4.79 Å². The summed E-state index contributed by atoms with van der Waals surface area (Å²) >= 11 is 0. The number of carbonyl (C=O) groups is 1. The molecule has 0 aliphatic rings. The van der Waals surface area contributed by atoms with E-state index >= 15 is 0 Å². The molecule has 31 heavy (non-hydrogen) atoms. The van der Waals surface area contributed by atoms with E-state index in [-0.39, 0.29) is 0 Å². The van der Waals surface area contributed by atoms with E-state index in [0.717, 1.165) is 18.2 Å². The summed E-state index contributed by atoms with van der Waals surface area (Å²) in [5.74, 6) is -26.9. The lowest BCUT2D eigenvalue weighted by molar-refractivity contribution is -0.392. The number of nitrogens with one attached hydrogen (secondary N) is 1. The van der Waals surface area contributed by atoms with Crippen molar-refractivity contribution >= 4 is 11.8 Å². The molecule has 0 unspecified atom stereocenters. The van der Waals surface area contributed by atoms with Gasteiger partial charge in [-0.3, -0.25) is 5.32 Å². The molecule has 15 heteroatoms. The number of benzene rings is 1. The van der Waals surface area contributed by atoms with Crippen LogP contribution in [0.25, 0.3) is 0 Å². The number of hydrogen-bond acceptors (Lipinski definition) is 3. The second kappa shape index (κ2) is 8.78. The molecule has 0 aromatic heterocycles. The lowest BCUT2D eigenvalue weighted by atomic mass is 10.0. The van der Waals surface area contributed by atoms with Gasteiger partial charge in [-0.1, -0.05) is 12.1 Å². The van der Waals surface area contributed by atoms with E-state index in [1.165, 1.54) is 13.8 Å². The van der Waals surface area contributed by atoms with Gasteiger partial charge < -0.3 is 9.47 Å². The Morgan fingerprint density at radius 2 is 1.42 bits per heavy atom. The van der Waals surface area contributed by atoms with Crippen molar-refractivity contribution < 1.29 is 62.6 Å². The van der Waals surface area contributed by atoms with Crippen molar-refractivity contribution in [2.75, 3.05) is 5.32 Å². The molecule has 0 radical (unpaired) electrons. The van der Waals surface area contributed by atoms with E-state index in [1.54, 1.807) is 0 Å². The summed E-state index contributed by atoms with van der Waals surface area (Å²) < 4.78 is 151. The van der Waals surface area contributed by atoms with Crippen molar-refractivity contribution in [2.24, 2.45) is 0 Å². The lowest BCUT2D eigenvalue weighted by Gasteiger charge is -2.32. The first-order valence-corrected chi connectivity index (χ1v) is 7.86. The molecule has 0 spiro atoms. The highest BCUT2D eigenvalue weighted by Crippen LogP contribution is 2.55. The number of para-hydroxylation sites is 2. The number of halogens is 11. The average molecular weight is 475 g/mol. The van der Waals surface area contributed by atoms with Crippen LogP contribution in [-0.4, -0.2) is 36.1 Å². The molecule has 1 aromatic rings. The first-order valence-electron chi connectivity index (χ1n) is 7.86. The topological polar surface area (TPSA) is 47.6 Å². The van der Waals surface area contributed by atoms with Gasteiger partial charge in [0.1, 0.15) is 0 Å². The van der Waals surface area contributed by atoms with E-state index in [9.17, 15) is 53.1 Å². The Bertz CT molecular complexity index is 834. The fourth-order valence-corrected chi connectivity index (χ4v) is 1.79. The van der Waals surface area contributed by atoms with E-state index < -0.39 is 59.4 Å². The quantitative estimate of drug-likeness (QED) is 0.357. The van der Waals surface area contributed by atoms with Gasteiger partial charge in [0.05, 0.1) is 11.8 Å². The minimum atomic E-state index is -7.43. The van der Waals surface area contributed by atoms with E-state index in [1.807, 2.05) is 5.32 Å². The molecule has 0 saturated heterocycles. The fourth-order valence-electron chi connectivity index (χ4n) is 1.79. The van der Waals surface area contributed by atoms with Crippen molar-refractivity contribution in [2.45, 2.75) is 43.9 Å². The second-order valence-electron chi connectivity index (χ2n) is 5.99. The molecule has 1 N–H and O–H groups in total. The molecule has 0 fully saturated rings. The molecule has 1 rings (SSSR count). The van der Waals surface area contributed by atoms with Gasteiger partial charge in [0.15, 0.2) is 5.75 Å². The summed E-state index contributed by atoms with van der Waals surface area (Å²) in [6.45, 7) is 2.83. The summed E-state index contributed by atoms with van der Waals surface area (Å²) in [7, 11) is 0. The SMILES string of the molecule is CC(C)OC(=O)Nc1ccccc1OC(F)=C(F)C(F)(F)C(F)(F)C(F)(F)C(F)(F)F. The number of carbonyl (C=O) groups excluding carboxylic acids is 1. The number of amides is 1. The van der Waals surface area contributed by atoms with Crippen molar-refractivity contribution in [1.29, 1.82) is 0 Å². The zero-order chi connectivity index (χ0) is 24.4. The Morgan fingerprint density at radius 3 is 1.90 bits per heavy atom. The van der Waals surface area contributed by atoms with Gasteiger partial charge in [-0.05, 0) is 26.0 Å². The molecule has 1 aromatic carbocycles. The maximum atomic E-state index is 13.7. The van der Waals surface area contributed by atoms with Crippen LogP contribution in [0, 0.1) is 0 Å². The Morgan fingerprint density at radius 1 is 0.903 bits per heavy atom. The van der Waals surface area contributed by atoms with E-state index in [4.69, 9.17) is 0 Å². The highest BCUT2D eigenvalue weighted by atomic mass is 19.4. The molecule has 4 nitrogen and oxygen atoms in total. The number of ether oxygens (including phenoxy) is 2. The van der Waals surface area contributed by atoms with Crippen molar-refractivity contribution in [3.05, 3.63) is 36.1 Å². The molecule has 1 amide bonds. The highest BCUT2D eigenvalue weighted by molar-refractivity contribution is 5.86. The first kappa shape index (κ1) is 26.3. The summed E-state index contributed by atoms with van der Waals surface area (Å²) in [6.07, 6.45) is -9.08. The van der Waals surface area contributed by atoms with Gasteiger partial charge in [0.2, 0.25) is 5.83 Å². The Kier molecular flexibility index (Phi) is 7.45. The first-order chi connectivity index (χ1) is 13.9. The van der Waals surface area contributed by atoms with Gasteiger partial charge in [-0.15, -0.1) is 0 Å². The van der Waals surface area contributed by atoms with Gasteiger partial charge in [0, 0.05) is 0 Å². The van der Waals surface area contributed by atoms with Crippen LogP contribution in [0.4, 0.5) is 58.8 Å². The van der Waals surface area contributed by atoms with Crippen LogP contribution in [-0.2, 0) is 4.74 Å². The summed E-state index contributed by atoms with van der Waals surface area (Å²) in [5.41, 5.74) is -0.577. The normalized spacial score (nSPS) is 14.3. The van der Waals surface area contributed by atoms with Crippen LogP contribution in [0.5, 0.6) is 5.75 Å². The zero-order valence-corrected chi connectivity index (χ0v) is 15.3. The van der Waals surface area contributed by atoms with Crippen LogP contribution in [0.15, 0.2) is 36.1 Å².